The van der Waals surface area contributed by atoms with Gasteiger partial charge < -0.3 is 0 Å². The van der Waals surface area contributed by atoms with Crippen molar-refractivity contribution in [2.24, 2.45) is 0 Å². The van der Waals surface area contributed by atoms with Crippen molar-refractivity contribution in [1.82, 2.24) is 0 Å². The van der Waals surface area contributed by atoms with Crippen molar-refractivity contribution in [2.45, 2.75) is 6.92 Å². The minimum Gasteiger partial charge on any atom is -0.0614 e. The van der Waals surface area contributed by atoms with E-state index in [0.717, 1.165) is 0 Å². The monoisotopic (exact) mass is 292 g/mol. The lowest BCUT2D eigenvalue weighted by molar-refractivity contribution is 1.47. The molecule has 0 spiro atoms. The molecule has 0 saturated carbocycles. The molecule has 0 bridgehead atoms. The minimum absolute atomic E-state index is 1.29. The molecule has 23 heavy (non-hydrogen) atoms. The standard InChI is InChI=1S/C23H16/c1-15-4-2-7-19(14-15)20-12-10-18-9-8-16-5-3-6-17-11-13-21(20)23(18)22(16)17/h2-14H,1H3. The predicted octanol–water partition coefficient (Wildman–Crippen LogP) is 6.56. The maximum absolute atomic E-state index is 2.28. The summed E-state index contributed by atoms with van der Waals surface area (Å²) < 4.78 is 0. The van der Waals surface area contributed by atoms with E-state index in [0.29, 0.717) is 0 Å². The Morgan fingerprint density at radius 2 is 1.22 bits per heavy atom. The molecule has 5 aromatic rings. The summed E-state index contributed by atoms with van der Waals surface area (Å²) in [6.07, 6.45) is 0. The molecule has 0 aromatic heterocycles. The summed E-state index contributed by atoms with van der Waals surface area (Å²) in [6.45, 7) is 2.15. The molecule has 0 unspecified atom stereocenters. The van der Waals surface area contributed by atoms with Gasteiger partial charge in [0.05, 0.1) is 0 Å². The molecule has 108 valence electrons. The van der Waals surface area contributed by atoms with Crippen LogP contribution in [0.3, 0.4) is 0 Å². The lowest BCUT2D eigenvalue weighted by atomic mass is 9.89. The second kappa shape index (κ2) is 4.57. The van der Waals surface area contributed by atoms with Gasteiger partial charge in [-0.3, -0.25) is 0 Å². The van der Waals surface area contributed by atoms with Crippen molar-refractivity contribution in [2.75, 3.05) is 0 Å². The van der Waals surface area contributed by atoms with Gasteiger partial charge in [0.2, 0.25) is 0 Å². The van der Waals surface area contributed by atoms with Gasteiger partial charge in [0.1, 0.15) is 0 Å². The van der Waals surface area contributed by atoms with Crippen LogP contribution in [-0.2, 0) is 0 Å². The smallest absolute Gasteiger partial charge is 0.00206 e. The van der Waals surface area contributed by atoms with Gasteiger partial charge in [-0.1, -0.05) is 84.4 Å². The SMILES string of the molecule is Cc1cccc(-c2ccc3ccc4cccc5ccc2c3c45)c1. The molecular formula is C23H16. The van der Waals surface area contributed by atoms with Gasteiger partial charge in [0.25, 0.3) is 0 Å². The topological polar surface area (TPSA) is 0 Å². The Morgan fingerprint density at radius 3 is 2.00 bits per heavy atom. The molecule has 5 aromatic carbocycles. The largest absolute Gasteiger partial charge is 0.0614 e. The Kier molecular flexibility index (Phi) is 2.51. The lowest BCUT2D eigenvalue weighted by Gasteiger charge is -2.14. The van der Waals surface area contributed by atoms with E-state index >= 15 is 0 Å². The van der Waals surface area contributed by atoms with Crippen molar-refractivity contribution in [3.63, 3.8) is 0 Å². The van der Waals surface area contributed by atoms with Crippen LogP contribution in [0.4, 0.5) is 0 Å². The third-order valence-electron chi connectivity index (χ3n) is 4.86. The highest BCUT2D eigenvalue weighted by Gasteiger charge is 2.11. The molecule has 0 amide bonds. The fourth-order valence-electron chi connectivity index (χ4n) is 3.80. The Labute approximate surface area is 135 Å². The van der Waals surface area contributed by atoms with Crippen LogP contribution in [0.1, 0.15) is 5.56 Å². The molecule has 0 N–H and O–H groups in total. The fraction of sp³-hybridized carbons (Fsp3) is 0.0435. The summed E-state index contributed by atoms with van der Waals surface area (Å²) in [5.41, 5.74) is 3.91. The van der Waals surface area contributed by atoms with Gasteiger partial charge in [-0.2, -0.15) is 0 Å². The third-order valence-corrected chi connectivity index (χ3v) is 4.86. The summed E-state index contributed by atoms with van der Waals surface area (Å²) in [5, 5.41) is 8.08. The number of hydrogen-bond donors (Lipinski definition) is 0. The maximum atomic E-state index is 2.28. The molecule has 0 aliphatic rings. The molecule has 0 nitrogen and oxygen atoms in total. The normalized spacial score (nSPS) is 11.7. The summed E-state index contributed by atoms with van der Waals surface area (Å²) in [4.78, 5) is 0. The van der Waals surface area contributed by atoms with Crippen molar-refractivity contribution in [3.8, 4) is 11.1 Å². The van der Waals surface area contributed by atoms with Gasteiger partial charge in [-0.25, -0.2) is 0 Å². The van der Waals surface area contributed by atoms with Crippen LogP contribution in [0.5, 0.6) is 0 Å². The van der Waals surface area contributed by atoms with Gasteiger partial charge in [-0.15, -0.1) is 0 Å². The molecular weight excluding hydrogens is 276 g/mol. The Hall–Kier alpha value is -2.86. The van der Waals surface area contributed by atoms with Gasteiger partial charge in [0, 0.05) is 0 Å². The highest BCUT2D eigenvalue weighted by Crippen LogP contribution is 2.39. The molecule has 0 aliphatic heterocycles. The first-order valence-corrected chi connectivity index (χ1v) is 8.05. The van der Waals surface area contributed by atoms with E-state index in [4.69, 9.17) is 0 Å². The second-order valence-electron chi connectivity index (χ2n) is 6.34. The number of hydrogen-bond acceptors (Lipinski definition) is 0. The summed E-state index contributed by atoms with van der Waals surface area (Å²) in [7, 11) is 0. The first kappa shape index (κ1) is 12.7. The van der Waals surface area contributed by atoms with Gasteiger partial charge in [0.15, 0.2) is 0 Å². The Bertz CT molecular complexity index is 1150. The van der Waals surface area contributed by atoms with E-state index in [-0.39, 0.29) is 0 Å². The van der Waals surface area contributed by atoms with Crippen molar-refractivity contribution < 1.29 is 0 Å². The van der Waals surface area contributed by atoms with Crippen LogP contribution < -0.4 is 0 Å². The fourth-order valence-corrected chi connectivity index (χ4v) is 3.80. The maximum Gasteiger partial charge on any atom is -0.00206 e. The summed E-state index contributed by atoms with van der Waals surface area (Å²) in [6, 6.07) is 28.9. The average Bonchev–Trinajstić information content (AvgIpc) is 2.59. The lowest BCUT2D eigenvalue weighted by Crippen LogP contribution is -1.87. The molecule has 0 heterocycles. The second-order valence-corrected chi connectivity index (χ2v) is 6.34. The third kappa shape index (κ3) is 1.78. The molecule has 0 aliphatic carbocycles. The zero-order valence-electron chi connectivity index (χ0n) is 13.0. The molecule has 0 radical (unpaired) electrons. The predicted molar refractivity (Wildman–Crippen MR) is 100 cm³/mol. The van der Waals surface area contributed by atoms with E-state index in [9.17, 15) is 0 Å². The van der Waals surface area contributed by atoms with E-state index in [1.807, 2.05) is 0 Å². The summed E-state index contributed by atoms with van der Waals surface area (Å²) >= 11 is 0. The number of rotatable bonds is 1. The van der Waals surface area contributed by atoms with E-state index in [2.05, 4.69) is 85.8 Å². The average molecular weight is 292 g/mol. The first-order valence-electron chi connectivity index (χ1n) is 8.05. The van der Waals surface area contributed by atoms with Crippen LogP contribution in [-0.4, -0.2) is 0 Å². The van der Waals surface area contributed by atoms with Crippen LogP contribution in [0.2, 0.25) is 0 Å². The summed E-state index contributed by atoms with van der Waals surface area (Å²) in [5.74, 6) is 0. The zero-order chi connectivity index (χ0) is 15.4. The Balaban J connectivity index is 1.99. The van der Waals surface area contributed by atoms with Crippen molar-refractivity contribution in [1.29, 1.82) is 0 Å². The van der Waals surface area contributed by atoms with Crippen LogP contribution in [0, 0.1) is 6.92 Å². The quantitative estimate of drug-likeness (QED) is 0.307. The number of benzene rings is 5. The highest BCUT2D eigenvalue weighted by atomic mass is 14.1. The van der Waals surface area contributed by atoms with Gasteiger partial charge >= 0.3 is 0 Å². The molecule has 0 heteroatoms. The van der Waals surface area contributed by atoms with E-state index in [1.54, 1.807) is 0 Å². The molecule has 0 saturated heterocycles. The molecule has 5 rings (SSSR count). The van der Waals surface area contributed by atoms with Crippen molar-refractivity contribution in [3.05, 3.63) is 84.4 Å². The van der Waals surface area contributed by atoms with Gasteiger partial charge in [-0.05, 0) is 50.4 Å². The highest BCUT2D eigenvalue weighted by molar-refractivity contribution is 6.25. The van der Waals surface area contributed by atoms with Crippen LogP contribution in [0.15, 0.2) is 78.9 Å². The van der Waals surface area contributed by atoms with Crippen LogP contribution in [0.25, 0.3) is 43.4 Å². The first-order chi connectivity index (χ1) is 11.3. The molecule has 0 atom stereocenters. The van der Waals surface area contributed by atoms with E-state index < -0.39 is 0 Å². The number of aryl methyl sites for hydroxylation is 1. The zero-order valence-corrected chi connectivity index (χ0v) is 13.0. The molecule has 0 fully saturated rings. The van der Waals surface area contributed by atoms with Crippen molar-refractivity contribution >= 4 is 32.3 Å². The van der Waals surface area contributed by atoms with E-state index in [1.165, 1.54) is 49.0 Å². The Morgan fingerprint density at radius 1 is 0.565 bits per heavy atom. The minimum atomic E-state index is 1.29. The van der Waals surface area contributed by atoms with Crippen LogP contribution >= 0.6 is 0 Å².